The van der Waals surface area contributed by atoms with Crippen molar-refractivity contribution in [1.82, 2.24) is 15.5 Å². The molecule has 7 nitrogen and oxygen atoms in total. The van der Waals surface area contributed by atoms with Gasteiger partial charge in [-0.05, 0) is 18.6 Å². The molecule has 0 fully saturated rings. The maximum atomic E-state index is 11.8. The van der Waals surface area contributed by atoms with Gasteiger partial charge in [0.15, 0.2) is 0 Å². The fourth-order valence-electron chi connectivity index (χ4n) is 2.27. The molecule has 2 rings (SSSR count). The number of rotatable bonds is 11. The average Bonchev–Trinajstić information content (AvgIpc) is 3.15. The fourth-order valence-corrected chi connectivity index (χ4v) is 2.87. The Morgan fingerprint density at radius 3 is 2.50 bits per heavy atom. The van der Waals surface area contributed by atoms with Gasteiger partial charge in [-0.2, -0.15) is 0 Å². The SMILES string of the molecule is CCCCCCNC(=O)CSc1nnc(-c2cc(OC)cc(OC)c2)o1. The fraction of sp³-hybridized carbons (Fsp3) is 0.500. The lowest BCUT2D eigenvalue weighted by molar-refractivity contribution is -0.118. The number of methoxy groups -OCH3 is 2. The molecule has 0 bridgehead atoms. The van der Waals surface area contributed by atoms with E-state index < -0.39 is 0 Å². The smallest absolute Gasteiger partial charge is 0.277 e. The maximum Gasteiger partial charge on any atom is 0.277 e. The third-order valence-electron chi connectivity index (χ3n) is 3.68. The molecule has 1 heterocycles. The van der Waals surface area contributed by atoms with Crippen LogP contribution in [0.1, 0.15) is 32.6 Å². The van der Waals surface area contributed by atoms with E-state index in [4.69, 9.17) is 13.9 Å². The molecule has 0 saturated heterocycles. The third kappa shape index (κ3) is 6.25. The summed E-state index contributed by atoms with van der Waals surface area (Å²) in [5, 5.41) is 11.3. The minimum atomic E-state index is -0.0331. The highest BCUT2D eigenvalue weighted by molar-refractivity contribution is 7.99. The molecule has 1 aromatic carbocycles. The van der Waals surface area contributed by atoms with Crippen molar-refractivity contribution in [2.75, 3.05) is 26.5 Å². The first-order chi connectivity index (χ1) is 12.7. The normalized spacial score (nSPS) is 10.6. The molecule has 0 radical (unpaired) electrons. The van der Waals surface area contributed by atoms with Crippen LogP contribution in [-0.2, 0) is 4.79 Å². The molecule has 142 valence electrons. The highest BCUT2D eigenvalue weighted by atomic mass is 32.2. The van der Waals surface area contributed by atoms with Gasteiger partial charge in [0.25, 0.3) is 5.22 Å². The second-order valence-electron chi connectivity index (χ2n) is 5.67. The summed E-state index contributed by atoms with van der Waals surface area (Å²) in [5.41, 5.74) is 0.695. The molecule has 0 atom stereocenters. The Bertz CT molecular complexity index is 683. The van der Waals surface area contributed by atoms with E-state index in [0.717, 1.165) is 12.8 Å². The summed E-state index contributed by atoms with van der Waals surface area (Å²) in [6.45, 7) is 2.87. The van der Waals surface area contributed by atoms with Gasteiger partial charge in [-0.25, -0.2) is 0 Å². The number of aromatic nitrogens is 2. The minimum Gasteiger partial charge on any atom is -0.497 e. The van der Waals surface area contributed by atoms with Crippen LogP contribution in [0.25, 0.3) is 11.5 Å². The number of carbonyl (C=O) groups is 1. The lowest BCUT2D eigenvalue weighted by Gasteiger charge is -2.05. The molecule has 1 aromatic heterocycles. The van der Waals surface area contributed by atoms with Crippen molar-refractivity contribution in [3.05, 3.63) is 18.2 Å². The van der Waals surface area contributed by atoms with Gasteiger partial charge in [0, 0.05) is 18.2 Å². The van der Waals surface area contributed by atoms with Crippen molar-refractivity contribution < 1.29 is 18.7 Å². The van der Waals surface area contributed by atoms with Crippen LogP contribution < -0.4 is 14.8 Å². The van der Waals surface area contributed by atoms with Crippen LogP contribution in [0.15, 0.2) is 27.8 Å². The monoisotopic (exact) mass is 379 g/mol. The van der Waals surface area contributed by atoms with Crippen LogP contribution in [0, 0.1) is 0 Å². The lowest BCUT2D eigenvalue weighted by atomic mass is 10.2. The van der Waals surface area contributed by atoms with Crippen molar-refractivity contribution in [3.63, 3.8) is 0 Å². The van der Waals surface area contributed by atoms with E-state index >= 15 is 0 Å². The van der Waals surface area contributed by atoms with E-state index in [1.807, 2.05) is 0 Å². The number of hydrogen-bond acceptors (Lipinski definition) is 7. The molecule has 0 saturated carbocycles. The van der Waals surface area contributed by atoms with Gasteiger partial charge in [-0.3, -0.25) is 4.79 Å². The van der Waals surface area contributed by atoms with Crippen LogP contribution in [-0.4, -0.2) is 42.6 Å². The summed E-state index contributed by atoms with van der Waals surface area (Å²) >= 11 is 1.22. The molecule has 1 amide bonds. The summed E-state index contributed by atoms with van der Waals surface area (Å²) in [6.07, 6.45) is 4.53. The predicted molar refractivity (Wildman–Crippen MR) is 101 cm³/mol. The second kappa shape index (κ2) is 10.7. The van der Waals surface area contributed by atoms with Gasteiger partial charge in [0.1, 0.15) is 11.5 Å². The summed E-state index contributed by atoms with van der Waals surface area (Å²) in [4.78, 5) is 11.8. The molecule has 26 heavy (non-hydrogen) atoms. The first-order valence-corrected chi connectivity index (χ1v) is 9.61. The first kappa shape index (κ1) is 20.1. The Balaban J connectivity index is 1.87. The molecule has 2 aromatic rings. The number of amides is 1. The largest absolute Gasteiger partial charge is 0.497 e. The van der Waals surface area contributed by atoms with Crippen molar-refractivity contribution >= 4 is 17.7 Å². The number of hydrogen-bond donors (Lipinski definition) is 1. The van der Waals surface area contributed by atoms with Crippen molar-refractivity contribution in [2.45, 2.75) is 37.8 Å². The molecule has 0 spiro atoms. The van der Waals surface area contributed by atoms with Gasteiger partial charge in [-0.1, -0.05) is 37.9 Å². The molecule has 0 unspecified atom stereocenters. The van der Waals surface area contributed by atoms with Gasteiger partial charge < -0.3 is 19.2 Å². The first-order valence-electron chi connectivity index (χ1n) is 8.62. The highest BCUT2D eigenvalue weighted by Crippen LogP contribution is 2.30. The summed E-state index contributed by atoms with van der Waals surface area (Å²) < 4.78 is 16.1. The molecular formula is C18H25N3O4S. The van der Waals surface area contributed by atoms with E-state index in [9.17, 15) is 4.79 Å². The Labute approximate surface area is 157 Å². The third-order valence-corrected chi connectivity index (χ3v) is 4.50. The average molecular weight is 379 g/mol. The zero-order valence-electron chi connectivity index (χ0n) is 15.4. The molecule has 0 aliphatic rings. The van der Waals surface area contributed by atoms with Crippen LogP contribution in [0.2, 0.25) is 0 Å². The number of carbonyl (C=O) groups excluding carboxylic acids is 1. The quantitative estimate of drug-likeness (QED) is 0.472. The summed E-state index contributed by atoms with van der Waals surface area (Å²) in [6, 6.07) is 5.33. The van der Waals surface area contributed by atoms with Gasteiger partial charge in [0.2, 0.25) is 11.8 Å². The molecule has 8 heteroatoms. The zero-order chi connectivity index (χ0) is 18.8. The number of nitrogens with one attached hydrogen (secondary N) is 1. The van der Waals surface area contributed by atoms with Gasteiger partial charge in [0.05, 0.1) is 20.0 Å². The van der Waals surface area contributed by atoms with Crippen LogP contribution >= 0.6 is 11.8 Å². The van der Waals surface area contributed by atoms with E-state index in [2.05, 4.69) is 22.4 Å². The van der Waals surface area contributed by atoms with Crippen LogP contribution in [0.5, 0.6) is 11.5 Å². The Kier molecular flexibility index (Phi) is 8.27. The molecular weight excluding hydrogens is 354 g/mol. The van der Waals surface area contributed by atoms with Crippen molar-refractivity contribution in [1.29, 1.82) is 0 Å². The van der Waals surface area contributed by atoms with Crippen molar-refractivity contribution in [3.8, 4) is 23.0 Å². The zero-order valence-corrected chi connectivity index (χ0v) is 16.2. The van der Waals surface area contributed by atoms with Crippen molar-refractivity contribution in [2.24, 2.45) is 0 Å². The van der Waals surface area contributed by atoms with Gasteiger partial charge in [-0.15, -0.1) is 10.2 Å². The predicted octanol–water partition coefficient (Wildman–Crippen LogP) is 3.54. The number of nitrogens with zero attached hydrogens (tertiary/aromatic N) is 2. The van der Waals surface area contributed by atoms with E-state index in [-0.39, 0.29) is 11.7 Å². The van der Waals surface area contributed by atoms with E-state index in [0.29, 0.717) is 34.7 Å². The Morgan fingerprint density at radius 1 is 1.12 bits per heavy atom. The Morgan fingerprint density at radius 2 is 1.85 bits per heavy atom. The molecule has 0 aliphatic carbocycles. The highest BCUT2D eigenvalue weighted by Gasteiger charge is 2.13. The van der Waals surface area contributed by atoms with Gasteiger partial charge >= 0.3 is 0 Å². The van der Waals surface area contributed by atoms with E-state index in [1.54, 1.807) is 32.4 Å². The number of benzene rings is 1. The second-order valence-corrected chi connectivity index (χ2v) is 6.60. The lowest BCUT2D eigenvalue weighted by Crippen LogP contribution is -2.26. The summed E-state index contributed by atoms with van der Waals surface area (Å²) in [7, 11) is 3.16. The standard InChI is InChI=1S/C18H25N3O4S/c1-4-5-6-7-8-19-16(22)12-26-18-21-20-17(25-18)13-9-14(23-2)11-15(10-13)24-3/h9-11H,4-8,12H2,1-3H3,(H,19,22). The number of ether oxygens (including phenoxy) is 2. The van der Waals surface area contributed by atoms with Crippen LogP contribution in [0.3, 0.4) is 0 Å². The summed E-state index contributed by atoms with van der Waals surface area (Å²) in [5.74, 6) is 1.83. The molecule has 1 N–H and O–H groups in total. The Hall–Kier alpha value is -2.22. The number of thioether (sulfide) groups is 1. The molecule has 0 aliphatic heterocycles. The minimum absolute atomic E-state index is 0.0331. The van der Waals surface area contributed by atoms with E-state index in [1.165, 1.54) is 24.6 Å². The van der Waals surface area contributed by atoms with Crippen LogP contribution in [0.4, 0.5) is 0 Å². The number of unbranched alkanes of at least 4 members (excludes halogenated alkanes) is 3. The topological polar surface area (TPSA) is 86.5 Å². The maximum absolute atomic E-state index is 11.8.